The van der Waals surface area contributed by atoms with Gasteiger partial charge in [-0.1, -0.05) is 111 Å². The Hall–Kier alpha value is -6.00. The van der Waals surface area contributed by atoms with Gasteiger partial charge in [0, 0.05) is 21.5 Å². The summed E-state index contributed by atoms with van der Waals surface area (Å²) in [7, 11) is 0. The van der Waals surface area contributed by atoms with E-state index in [1.807, 2.05) is 48.5 Å². The highest BCUT2D eigenvalue weighted by Gasteiger charge is 2.26. The van der Waals surface area contributed by atoms with Gasteiger partial charge in [-0.05, 0) is 131 Å². The highest BCUT2D eigenvalue weighted by Crippen LogP contribution is 2.42. The van der Waals surface area contributed by atoms with Gasteiger partial charge in [-0.2, -0.15) is 0 Å². The van der Waals surface area contributed by atoms with Crippen LogP contribution >= 0.6 is 0 Å². The molecule has 56 heavy (non-hydrogen) atoms. The van der Waals surface area contributed by atoms with E-state index in [4.69, 9.17) is 0 Å². The number of benzene rings is 7. The van der Waals surface area contributed by atoms with Crippen molar-refractivity contribution in [3.63, 3.8) is 0 Å². The molecule has 0 N–H and O–H groups in total. The lowest BCUT2D eigenvalue weighted by Gasteiger charge is -2.28. The molecule has 2 aliphatic carbocycles. The SMILES string of the molecule is O=c1c2ccccc2n(-c2cc3ccccc3cc2C2CCCCC2)c2cc3c(=O)c4ccccc4n(-c4cc5ccccc5cc4C4CCCCC4)c3cc12. The van der Waals surface area contributed by atoms with E-state index in [0.717, 1.165) is 59.1 Å². The van der Waals surface area contributed by atoms with Gasteiger partial charge in [0.25, 0.3) is 0 Å². The van der Waals surface area contributed by atoms with E-state index in [0.29, 0.717) is 33.4 Å². The maximum absolute atomic E-state index is 14.9. The van der Waals surface area contributed by atoms with Crippen LogP contribution in [0, 0.1) is 0 Å². The van der Waals surface area contributed by atoms with Crippen molar-refractivity contribution < 1.29 is 0 Å². The molecular weight excluding hydrogens is 685 g/mol. The van der Waals surface area contributed by atoms with E-state index >= 15 is 0 Å². The van der Waals surface area contributed by atoms with E-state index < -0.39 is 0 Å². The molecule has 0 spiro atoms. The number of rotatable bonds is 4. The fourth-order valence-electron chi connectivity index (χ4n) is 10.5. The maximum Gasteiger partial charge on any atom is 0.197 e. The summed E-state index contributed by atoms with van der Waals surface area (Å²) in [4.78, 5) is 29.8. The Morgan fingerprint density at radius 1 is 0.357 bits per heavy atom. The normalized spacial score (nSPS) is 15.9. The Bertz CT molecular complexity index is 2940. The molecule has 2 fully saturated rings. The second-order valence-electron chi connectivity index (χ2n) is 16.4. The van der Waals surface area contributed by atoms with Crippen LogP contribution in [0.1, 0.15) is 87.2 Å². The number of nitrogens with zero attached hydrogens (tertiary/aromatic N) is 2. The van der Waals surface area contributed by atoms with Crippen LogP contribution in [-0.2, 0) is 0 Å². The summed E-state index contributed by atoms with van der Waals surface area (Å²) in [5.41, 5.74) is 8.12. The Balaban J connectivity index is 1.30. The molecule has 274 valence electrons. The van der Waals surface area contributed by atoms with Crippen LogP contribution in [0.15, 0.2) is 143 Å². The Labute approximate surface area is 325 Å². The van der Waals surface area contributed by atoms with Crippen molar-refractivity contribution in [2.75, 3.05) is 0 Å². The summed E-state index contributed by atoms with van der Waals surface area (Å²) in [6.45, 7) is 0. The minimum Gasteiger partial charge on any atom is -0.309 e. The van der Waals surface area contributed by atoms with E-state index in [1.165, 1.54) is 71.2 Å². The molecule has 2 aliphatic rings. The first-order valence-corrected chi connectivity index (χ1v) is 20.7. The van der Waals surface area contributed by atoms with Crippen molar-refractivity contribution in [1.29, 1.82) is 0 Å². The largest absolute Gasteiger partial charge is 0.309 e. The standard InChI is InChI=1S/C52H44N2O2/c55-51-39-23-11-13-25-45(39)53(47-29-37-21-9-7-19-35(37)27-41(47)33-15-3-1-4-16-33)49-31-44-50(32-43(49)51)54(46-26-14-12-24-40(46)52(44)56)48-30-38-22-10-8-20-36(38)28-42(48)34-17-5-2-6-18-34/h7-14,19-34H,1-6,15-18H2. The van der Waals surface area contributed by atoms with Crippen LogP contribution in [0.5, 0.6) is 0 Å². The molecular formula is C52H44N2O2. The zero-order chi connectivity index (χ0) is 37.3. The van der Waals surface area contributed by atoms with Crippen molar-refractivity contribution in [3.05, 3.63) is 165 Å². The van der Waals surface area contributed by atoms with E-state index in [-0.39, 0.29) is 10.9 Å². The first-order chi connectivity index (χ1) is 27.6. The third kappa shape index (κ3) is 5.26. The quantitative estimate of drug-likeness (QED) is 0.169. The number of aromatic nitrogens is 2. The van der Waals surface area contributed by atoms with Gasteiger partial charge < -0.3 is 9.13 Å². The van der Waals surface area contributed by atoms with Gasteiger partial charge >= 0.3 is 0 Å². The molecule has 2 aromatic heterocycles. The average molecular weight is 729 g/mol. The van der Waals surface area contributed by atoms with Gasteiger partial charge in [0.05, 0.1) is 33.4 Å². The molecule has 4 nitrogen and oxygen atoms in total. The minimum absolute atomic E-state index is 0.00747. The van der Waals surface area contributed by atoms with Crippen LogP contribution in [0.4, 0.5) is 0 Å². The lowest BCUT2D eigenvalue weighted by Crippen LogP contribution is -2.17. The predicted octanol–water partition coefficient (Wildman–Crippen LogP) is 13.0. The van der Waals surface area contributed by atoms with Gasteiger partial charge in [0.2, 0.25) is 0 Å². The number of para-hydroxylation sites is 2. The first-order valence-electron chi connectivity index (χ1n) is 20.7. The van der Waals surface area contributed by atoms with E-state index in [9.17, 15) is 9.59 Å². The Morgan fingerprint density at radius 2 is 0.714 bits per heavy atom. The highest BCUT2D eigenvalue weighted by molar-refractivity contribution is 6.06. The molecule has 11 rings (SSSR count). The molecule has 2 saturated carbocycles. The first kappa shape index (κ1) is 33.3. The maximum atomic E-state index is 14.9. The summed E-state index contributed by atoms with van der Waals surface area (Å²) in [5.74, 6) is 0.841. The number of pyridine rings is 2. The summed E-state index contributed by atoms with van der Waals surface area (Å²) in [6, 6.07) is 46.8. The fourth-order valence-corrected chi connectivity index (χ4v) is 10.5. The molecule has 4 heteroatoms. The van der Waals surface area contributed by atoms with Crippen LogP contribution in [0.3, 0.4) is 0 Å². The molecule has 0 atom stereocenters. The summed E-state index contributed by atoms with van der Waals surface area (Å²) < 4.78 is 4.62. The molecule has 9 aromatic rings. The second-order valence-corrected chi connectivity index (χ2v) is 16.4. The smallest absolute Gasteiger partial charge is 0.197 e. The summed E-state index contributed by atoms with van der Waals surface area (Å²) >= 11 is 0. The van der Waals surface area contributed by atoms with Crippen LogP contribution in [0.2, 0.25) is 0 Å². The molecule has 7 aromatic carbocycles. The monoisotopic (exact) mass is 728 g/mol. The number of hydrogen-bond donors (Lipinski definition) is 0. The third-order valence-electron chi connectivity index (χ3n) is 13.2. The van der Waals surface area contributed by atoms with Crippen LogP contribution < -0.4 is 10.9 Å². The average Bonchev–Trinajstić information content (AvgIpc) is 3.26. The molecule has 0 bridgehead atoms. The lowest BCUT2D eigenvalue weighted by atomic mass is 9.82. The molecule has 0 amide bonds. The van der Waals surface area contributed by atoms with Gasteiger partial charge in [-0.3, -0.25) is 9.59 Å². The van der Waals surface area contributed by atoms with Gasteiger partial charge in [-0.15, -0.1) is 0 Å². The zero-order valence-corrected chi connectivity index (χ0v) is 31.6. The molecule has 0 unspecified atom stereocenters. The Kier molecular flexibility index (Phi) is 7.94. The van der Waals surface area contributed by atoms with Gasteiger partial charge in [-0.25, -0.2) is 0 Å². The fraction of sp³-hybridized carbons (Fsp3) is 0.231. The minimum atomic E-state index is -0.00747. The summed E-state index contributed by atoms with van der Waals surface area (Å²) in [5, 5.41) is 7.42. The van der Waals surface area contributed by atoms with Crippen LogP contribution in [0.25, 0.3) is 76.5 Å². The van der Waals surface area contributed by atoms with E-state index in [2.05, 4.69) is 94.1 Å². The molecule has 0 saturated heterocycles. The number of hydrogen-bond acceptors (Lipinski definition) is 2. The van der Waals surface area contributed by atoms with Gasteiger partial charge in [0.15, 0.2) is 10.9 Å². The highest BCUT2D eigenvalue weighted by atomic mass is 16.1. The van der Waals surface area contributed by atoms with Crippen molar-refractivity contribution in [3.8, 4) is 11.4 Å². The van der Waals surface area contributed by atoms with Crippen molar-refractivity contribution in [2.45, 2.75) is 76.0 Å². The molecule has 0 aliphatic heterocycles. The lowest BCUT2D eigenvalue weighted by molar-refractivity contribution is 0.443. The third-order valence-corrected chi connectivity index (χ3v) is 13.2. The molecule has 2 heterocycles. The summed E-state index contributed by atoms with van der Waals surface area (Å²) in [6.07, 6.45) is 12.0. The van der Waals surface area contributed by atoms with Gasteiger partial charge in [0.1, 0.15) is 0 Å². The van der Waals surface area contributed by atoms with E-state index in [1.54, 1.807) is 0 Å². The predicted molar refractivity (Wildman–Crippen MR) is 234 cm³/mol. The van der Waals surface area contributed by atoms with Crippen LogP contribution in [-0.4, -0.2) is 9.13 Å². The molecule has 0 radical (unpaired) electrons. The van der Waals surface area contributed by atoms with Crippen molar-refractivity contribution >= 4 is 65.2 Å². The second kappa shape index (κ2) is 13.3. The zero-order valence-electron chi connectivity index (χ0n) is 31.6. The topological polar surface area (TPSA) is 44.0 Å². The number of fused-ring (bicyclic) bond motifs is 6. The van der Waals surface area contributed by atoms with Crippen molar-refractivity contribution in [2.24, 2.45) is 0 Å². The van der Waals surface area contributed by atoms with Crippen molar-refractivity contribution in [1.82, 2.24) is 9.13 Å². The Morgan fingerprint density at radius 3 is 1.12 bits per heavy atom.